The molecule has 1 heterocycles. The van der Waals surface area contributed by atoms with Crippen molar-refractivity contribution >= 4 is 6.09 Å². The lowest BCUT2D eigenvalue weighted by molar-refractivity contribution is 0.0213. The van der Waals surface area contributed by atoms with Crippen molar-refractivity contribution in [2.45, 2.75) is 38.8 Å². The fourth-order valence-electron chi connectivity index (χ4n) is 3.04. The lowest BCUT2D eigenvalue weighted by Gasteiger charge is -2.36. The van der Waals surface area contributed by atoms with Gasteiger partial charge in [0.2, 0.25) is 0 Å². The van der Waals surface area contributed by atoms with Crippen molar-refractivity contribution in [2.75, 3.05) is 6.54 Å². The molecule has 23 heavy (non-hydrogen) atoms. The van der Waals surface area contributed by atoms with Crippen molar-refractivity contribution in [2.24, 2.45) is 0 Å². The van der Waals surface area contributed by atoms with E-state index in [-0.39, 0.29) is 12.0 Å². The van der Waals surface area contributed by atoms with E-state index in [1.165, 1.54) is 16.7 Å². The molecule has 1 aliphatic heterocycles. The maximum Gasteiger partial charge on any atom is 0.410 e. The molecule has 0 radical (unpaired) electrons. The molecule has 0 fully saturated rings. The molecule has 2 aromatic rings. The van der Waals surface area contributed by atoms with Crippen LogP contribution in [0.3, 0.4) is 0 Å². The number of amides is 1. The van der Waals surface area contributed by atoms with Crippen molar-refractivity contribution in [1.29, 1.82) is 0 Å². The van der Waals surface area contributed by atoms with E-state index < -0.39 is 5.60 Å². The molecular formula is C20H23NO2. The summed E-state index contributed by atoms with van der Waals surface area (Å²) in [5.74, 6) is 0.189. The van der Waals surface area contributed by atoms with E-state index in [2.05, 4.69) is 30.3 Å². The zero-order chi connectivity index (χ0) is 16.4. The first-order chi connectivity index (χ1) is 10.9. The van der Waals surface area contributed by atoms with E-state index in [4.69, 9.17) is 4.74 Å². The SMILES string of the molecule is CC(C)(C)OC(=O)N1Cc2ccccc2C(c2ccccc2)C1. The number of ether oxygens (including phenoxy) is 1. The Morgan fingerprint density at radius 2 is 1.70 bits per heavy atom. The summed E-state index contributed by atoms with van der Waals surface area (Å²) < 4.78 is 5.56. The first-order valence-corrected chi connectivity index (χ1v) is 8.05. The molecule has 1 amide bonds. The lowest BCUT2D eigenvalue weighted by Crippen LogP contribution is -2.41. The Kier molecular flexibility index (Phi) is 4.12. The molecular weight excluding hydrogens is 286 g/mol. The number of fused-ring (bicyclic) bond motifs is 1. The minimum atomic E-state index is -0.476. The molecule has 3 nitrogen and oxygen atoms in total. The summed E-state index contributed by atoms with van der Waals surface area (Å²) >= 11 is 0. The zero-order valence-electron chi connectivity index (χ0n) is 14.0. The van der Waals surface area contributed by atoms with Gasteiger partial charge in [-0.3, -0.25) is 0 Å². The van der Waals surface area contributed by atoms with Gasteiger partial charge < -0.3 is 9.64 Å². The number of carbonyl (C=O) groups is 1. The molecule has 120 valence electrons. The van der Waals surface area contributed by atoms with Crippen LogP contribution in [0.4, 0.5) is 4.79 Å². The summed E-state index contributed by atoms with van der Waals surface area (Å²) in [6.07, 6.45) is -0.243. The smallest absolute Gasteiger partial charge is 0.410 e. The molecule has 2 aromatic carbocycles. The minimum absolute atomic E-state index is 0.189. The van der Waals surface area contributed by atoms with Crippen LogP contribution in [0.5, 0.6) is 0 Å². The molecule has 0 saturated heterocycles. The standard InChI is InChI=1S/C20H23NO2/c1-20(2,3)23-19(22)21-13-16-11-7-8-12-17(16)18(14-21)15-9-5-4-6-10-15/h4-12,18H,13-14H2,1-3H3. The van der Waals surface area contributed by atoms with Crippen molar-refractivity contribution in [3.8, 4) is 0 Å². The van der Waals surface area contributed by atoms with Crippen LogP contribution in [0.15, 0.2) is 54.6 Å². The fraction of sp³-hybridized carbons (Fsp3) is 0.350. The highest BCUT2D eigenvalue weighted by Crippen LogP contribution is 2.33. The molecule has 1 aliphatic rings. The maximum absolute atomic E-state index is 12.5. The first-order valence-electron chi connectivity index (χ1n) is 8.05. The topological polar surface area (TPSA) is 29.5 Å². The van der Waals surface area contributed by atoms with Gasteiger partial charge in [0, 0.05) is 19.0 Å². The molecule has 1 unspecified atom stereocenters. The Morgan fingerprint density at radius 3 is 2.39 bits per heavy atom. The number of carbonyl (C=O) groups excluding carboxylic acids is 1. The van der Waals surface area contributed by atoms with E-state index in [9.17, 15) is 4.79 Å². The van der Waals surface area contributed by atoms with Crippen LogP contribution < -0.4 is 0 Å². The highest BCUT2D eigenvalue weighted by Gasteiger charge is 2.31. The summed E-state index contributed by atoms with van der Waals surface area (Å²) in [4.78, 5) is 14.3. The largest absolute Gasteiger partial charge is 0.444 e. The second-order valence-corrected chi connectivity index (χ2v) is 7.02. The summed E-state index contributed by atoms with van der Waals surface area (Å²) in [6, 6.07) is 18.7. The summed E-state index contributed by atoms with van der Waals surface area (Å²) in [5, 5.41) is 0. The maximum atomic E-state index is 12.5. The van der Waals surface area contributed by atoms with Gasteiger partial charge in [0.1, 0.15) is 5.60 Å². The van der Waals surface area contributed by atoms with Crippen LogP contribution in [-0.2, 0) is 11.3 Å². The molecule has 1 atom stereocenters. The average Bonchev–Trinajstić information content (AvgIpc) is 2.53. The van der Waals surface area contributed by atoms with E-state index in [1.54, 1.807) is 0 Å². The van der Waals surface area contributed by atoms with Gasteiger partial charge in [0.15, 0.2) is 0 Å². The van der Waals surface area contributed by atoms with E-state index in [0.29, 0.717) is 13.1 Å². The summed E-state index contributed by atoms with van der Waals surface area (Å²) in [6.45, 7) is 6.96. The van der Waals surface area contributed by atoms with Gasteiger partial charge in [0.05, 0.1) is 0 Å². The van der Waals surface area contributed by atoms with Gasteiger partial charge in [0.25, 0.3) is 0 Å². The average molecular weight is 309 g/mol. The number of benzene rings is 2. The molecule has 0 aromatic heterocycles. The number of hydrogen-bond donors (Lipinski definition) is 0. The molecule has 3 rings (SSSR count). The van der Waals surface area contributed by atoms with Crippen molar-refractivity contribution < 1.29 is 9.53 Å². The Morgan fingerprint density at radius 1 is 1.04 bits per heavy atom. The van der Waals surface area contributed by atoms with Crippen molar-refractivity contribution in [3.05, 3.63) is 71.3 Å². The molecule has 0 spiro atoms. The molecule has 0 saturated carbocycles. The number of hydrogen-bond acceptors (Lipinski definition) is 2. The van der Waals surface area contributed by atoms with Gasteiger partial charge in [-0.2, -0.15) is 0 Å². The van der Waals surface area contributed by atoms with E-state index in [1.807, 2.05) is 49.9 Å². The monoisotopic (exact) mass is 309 g/mol. The van der Waals surface area contributed by atoms with Crippen LogP contribution in [0.1, 0.15) is 43.4 Å². The summed E-state index contributed by atoms with van der Waals surface area (Å²) in [7, 11) is 0. The van der Waals surface area contributed by atoms with Crippen LogP contribution in [0.25, 0.3) is 0 Å². The van der Waals surface area contributed by atoms with Gasteiger partial charge in [-0.1, -0.05) is 54.6 Å². The van der Waals surface area contributed by atoms with E-state index >= 15 is 0 Å². The number of nitrogens with zero attached hydrogens (tertiary/aromatic N) is 1. The van der Waals surface area contributed by atoms with Crippen molar-refractivity contribution in [3.63, 3.8) is 0 Å². The predicted octanol–water partition coefficient (Wildman–Crippen LogP) is 4.57. The molecule has 0 aliphatic carbocycles. The van der Waals surface area contributed by atoms with Gasteiger partial charge in [-0.25, -0.2) is 4.79 Å². The molecule has 0 N–H and O–H groups in total. The highest BCUT2D eigenvalue weighted by atomic mass is 16.6. The fourth-order valence-corrected chi connectivity index (χ4v) is 3.04. The lowest BCUT2D eigenvalue weighted by atomic mass is 9.85. The predicted molar refractivity (Wildman–Crippen MR) is 91.4 cm³/mol. The van der Waals surface area contributed by atoms with Crippen LogP contribution in [0, 0.1) is 0 Å². The van der Waals surface area contributed by atoms with Crippen LogP contribution in [-0.4, -0.2) is 23.1 Å². The third-order valence-electron chi connectivity index (χ3n) is 4.05. The second-order valence-electron chi connectivity index (χ2n) is 7.02. The third kappa shape index (κ3) is 3.55. The normalized spacial score (nSPS) is 17.5. The Hall–Kier alpha value is -2.29. The zero-order valence-corrected chi connectivity index (χ0v) is 14.0. The highest BCUT2D eigenvalue weighted by molar-refractivity contribution is 5.69. The minimum Gasteiger partial charge on any atom is -0.444 e. The Labute approximate surface area is 137 Å². The van der Waals surface area contributed by atoms with Crippen LogP contribution in [0.2, 0.25) is 0 Å². The second kappa shape index (κ2) is 6.07. The summed E-state index contributed by atoms with van der Waals surface area (Å²) in [5.41, 5.74) is 3.25. The first kappa shape index (κ1) is 15.6. The van der Waals surface area contributed by atoms with E-state index in [0.717, 1.165) is 0 Å². The third-order valence-corrected chi connectivity index (χ3v) is 4.05. The van der Waals surface area contributed by atoms with Gasteiger partial charge in [-0.15, -0.1) is 0 Å². The van der Waals surface area contributed by atoms with Gasteiger partial charge >= 0.3 is 6.09 Å². The van der Waals surface area contributed by atoms with Crippen LogP contribution >= 0.6 is 0 Å². The Balaban J connectivity index is 1.92. The molecule has 0 bridgehead atoms. The van der Waals surface area contributed by atoms with Crippen molar-refractivity contribution in [1.82, 2.24) is 4.90 Å². The number of rotatable bonds is 1. The van der Waals surface area contributed by atoms with Gasteiger partial charge in [-0.05, 0) is 37.5 Å². The Bertz CT molecular complexity index is 688. The molecule has 3 heteroatoms. The quantitative estimate of drug-likeness (QED) is 0.772.